The molecule has 0 saturated carbocycles. The van der Waals surface area contributed by atoms with Crippen LogP contribution in [0.1, 0.15) is 79.1 Å². The number of rotatable bonds is 3. The first-order chi connectivity index (χ1) is 11.3. The van der Waals surface area contributed by atoms with Gasteiger partial charge in [-0.25, -0.2) is 0 Å². The lowest BCUT2D eigenvalue weighted by molar-refractivity contribution is 0.101. The number of benzene rings is 2. The molecule has 0 fully saturated rings. The van der Waals surface area contributed by atoms with Crippen molar-refractivity contribution in [3.05, 3.63) is 70.3 Å². The first-order valence-electron chi connectivity index (χ1n) is 8.38. The average molecular weight is 321 g/mol. The smallest absolute Gasteiger partial charge is 0.160 e. The summed E-state index contributed by atoms with van der Waals surface area (Å²) in [4.78, 5) is 11.2. The maximum absolute atomic E-state index is 11.2. The van der Waals surface area contributed by atoms with Gasteiger partial charge in [0.1, 0.15) is 0 Å². The second kappa shape index (κ2) is 9.03. The van der Waals surface area contributed by atoms with Crippen molar-refractivity contribution < 1.29 is 4.79 Å². The lowest BCUT2D eigenvalue weighted by Gasteiger charge is -2.09. The van der Waals surface area contributed by atoms with E-state index in [1.165, 1.54) is 11.1 Å². The molecule has 0 aliphatic heterocycles. The zero-order valence-electron chi connectivity index (χ0n) is 15.6. The molecule has 0 saturated heterocycles. The normalized spacial score (nSPS) is 10.1. The third kappa shape index (κ3) is 5.35. The van der Waals surface area contributed by atoms with Crippen LogP contribution in [0.5, 0.6) is 0 Å². The van der Waals surface area contributed by atoms with E-state index in [0.717, 1.165) is 16.7 Å². The quantitative estimate of drug-likeness (QED) is 0.650. The monoisotopic (exact) mass is 321 g/mol. The van der Waals surface area contributed by atoms with E-state index in [0.29, 0.717) is 11.8 Å². The van der Waals surface area contributed by atoms with Crippen LogP contribution in [0.2, 0.25) is 0 Å². The standard InChI is InChI=1S/C11H13N.C11H14O/c1-8(2)11-6-10(7-12)5-4-9(11)3;1-8(2)10-6-4-5-7-11(10)9(3)12/h4-6,8H,1-3H3;4-8H,1-3H3. The summed E-state index contributed by atoms with van der Waals surface area (Å²) >= 11 is 0. The van der Waals surface area contributed by atoms with Crippen LogP contribution in [-0.4, -0.2) is 5.78 Å². The average Bonchev–Trinajstić information content (AvgIpc) is 2.55. The van der Waals surface area contributed by atoms with Crippen molar-refractivity contribution in [1.82, 2.24) is 0 Å². The van der Waals surface area contributed by atoms with Crippen LogP contribution >= 0.6 is 0 Å². The van der Waals surface area contributed by atoms with Crippen molar-refractivity contribution in [2.24, 2.45) is 0 Å². The van der Waals surface area contributed by atoms with Crippen LogP contribution in [0.15, 0.2) is 42.5 Å². The third-order valence-electron chi connectivity index (χ3n) is 3.99. The van der Waals surface area contributed by atoms with E-state index in [9.17, 15) is 4.79 Å². The summed E-state index contributed by atoms with van der Waals surface area (Å²) in [5.41, 5.74) is 5.29. The molecule has 0 N–H and O–H groups in total. The van der Waals surface area contributed by atoms with Crippen LogP contribution in [-0.2, 0) is 0 Å². The van der Waals surface area contributed by atoms with Crippen molar-refractivity contribution >= 4 is 5.78 Å². The second-order valence-corrected chi connectivity index (χ2v) is 6.64. The molecule has 0 aliphatic rings. The molecule has 126 valence electrons. The van der Waals surface area contributed by atoms with Crippen molar-refractivity contribution in [3.63, 3.8) is 0 Å². The third-order valence-corrected chi connectivity index (χ3v) is 3.99. The first-order valence-corrected chi connectivity index (χ1v) is 8.38. The Labute approximate surface area is 146 Å². The Morgan fingerprint density at radius 3 is 2.00 bits per heavy atom. The largest absolute Gasteiger partial charge is 0.295 e. The molecule has 0 aliphatic carbocycles. The number of hydrogen-bond acceptors (Lipinski definition) is 2. The Kier molecular flexibility index (Phi) is 7.39. The summed E-state index contributed by atoms with van der Waals surface area (Å²) in [5, 5.41) is 8.68. The van der Waals surface area contributed by atoms with Gasteiger partial charge in [0, 0.05) is 5.56 Å². The number of hydrogen-bond donors (Lipinski definition) is 0. The van der Waals surface area contributed by atoms with E-state index in [4.69, 9.17) is 5.26 Å². The van der Waals surface area contributed by atoms with Crippen LogP contribution in [0.3, 0.4) is 0 Å². The highest BCUT2D eigenvalue weighted by molar-refractivity contribution is 5.95. The number of aryl methyl sites for hydroxylation is 1. The van der Waals surface area contributed by atoms with E-state index >= 15 is 0 Å². The van der Waals surface area contributed by atoms with Gasteiger partial charge in [0.2, 0.25) is 0 Å². The Morgan fingerprint density at radius 1 is 0.958 bits per heavy atom. The van der Waals surface area contributed by atoms with Gasteiger partial charge in [-0.1, -0.05) is 58.0 Å². The summed E-state index contributed by atoms with van der Waals surface area (Å²) in [6, 6.07) is 15.8. The summed E-state index contributed by atoms with van der Waals surface area (Å²) in [7, 11) is 0. The molecule has 2 nitrogen and oxygen atoms in total. The maximum atomic E-state index is 11.2. The van der Waals surface area contributed by atoms with Crippen LogP contribution < -0.4 is 0 Å². The summed E-state index contributed by atoms with van der Waals surface area (Å²) in [5.74, 6) is 1.07. The predicted octanol–water partition coefficient (Wildman–Crippen LogP) is 6.00. The number of carbonyl (C=O) groups excluding carboxylic acids is 1. The molecule has 0 bridgehead atoms. The molecule has 0 amide bonds. The Morgan fingerprint density at radius 2 is 1.54 bits per heavy atom. The predicted molar refractivity (Wildman–Crippen MR) is 101 cm³/mol. The molecule has 0 aromatic heterocycles. The van der Waals surface area contributed by atoms with Crippen molar-refractivity contribution in [2.45, 2.75) is 53.4 Å². The van der Waals surface area contributed by atoms with E-state index in [-0.39, 0.29) is 5.78 Å². The minimum atomic E-state index is 0.152. The Balaban J connectivity index is 0.000000240. The van der Waals surface area contributed by atoms with Crippen molar-refractivity contribution in [3.8, 4) is 6.07 Å². The first kappa shape index (κ1) is 19.6. The summed E-state index contributed by atoms with van der Waals surface area (Å²) < 4.78 is 0. The lowest BCUT2D eigenvalue weighted by atomic mass is 9.95. The van der Waals surface area contributed by atoms with Gasteiger partial charge in [-0.3, -0.25) is 4.79 Å². The number of nitrogens with zero attached hydrogens (tertiary/aromatic N) is 1. The van der Waals surface area contributed by atoms with Gasteiger partial charge in [0.25, 0.3) is 0 Å². The van der Waals surface area contributed by atoms with Crippen LogP contribution in [0, 0.1) is 18.3 Å². The molecule has 2 aromatic carbocycles. The minimum absolute atomic E-state index is 0.152. The topological polar surface area (TPSA) is 40.9 Å². The van der Waals surface area contributed by atoms with E-state index in [1.54, 1.807) is 6.92 Å². The maximum Gasteiger partial charge on any atom is 0.160 e. The number of carbonyl (C=O) groups is 1. The molecule has 0 atom stereocenters. The minimum Gasteiger partial charge on any atom is -0.295 e. The lowest BCUT2D eigenvalue weighted by Crippen LogP contribution is -2.00. The SMILES string of the molecule is CC(=O)c1ccccc1C(C)C.Cc1ccc(C#N)cc1C(C)C. The van der Waals surface area contributed by atoms with E-state index in [2.05, 4.69) is 40.7 Å². The molecule has 0 heterocycles. The highest BCUT2D eigenvalue weighted by Gasteiger charge is 2.08. The molecule has 0 unspecified atom stereocenters. The highest BCUT2D eigenvalue weighted by atomic mass is 16.1. The Bertz CT molecular complexity index is 736. The van der Waals surface area contributed by atoms with Crippen LogP contribution in [0.25, 0.3) is 0 Å². The fraction of sp³-hybridized carbons (Fsp3) is 0.364. The van der Waals surface area contributed by atoms with Gasteiger partial charge in [-0.05, 0) is 54.5 Å². The van der Waals surface area contributed by atoms with Gasteiger partial charge in [-0.2, -0.15) is 5.26 Å². The van der Waals surface area contributed by atoms with E-state index in [1.807, 2.05) is 42.5 Å². The zero-order chi connectivity index (χ0) is 18.3. The molecule has 0 spiro atoms. The second-order valence-electron chi connectivity index (χ2n) is 6.64. The van der Waals surface area contributed by atoms with Gasteiger partial charge >= 0.3 is 0 Å². The van der Waals surface area contributed by atoms with Crippen LogP contribution in [0.4, 0.5) is 0 Å². The van der Waals surface area contributed by atoms with Crippen molar-refractivity contribution in [1.29, 1.82) is 5.26 Å². The summed E-state index contributed by atoms with van der Waals surface area (Å²) in [6.45, 7) is 12.2. The fourth-order valence-electron chi connectivity index (χ4n) is 2.65. The molecular formula is C22H27NO. The summed E-state index contributed by atoms with van der Waals surface area (Å²) in [6.07, 6.45) is 0. The van der Waals surface area contributed by atoms with E-state index < -0.39 is 0 Å². The molecule has 24 heavy (non-hydrogen) atoms. The number of nitriles is 1. The van der Waals surface area contributed by atoms with Gasteiger partial charge in [-0.15, -0.1) is 0 Å². The van der Waals surface area contributed by atoms with Gasteiger partial charge in [0.05, 0.1) is 11.6 Å². The Hall–Kier alpha value is -2.40. The molecule has 2 rings (SSSR count). The van der Waals surface area contributed by atoms with Gasteiger partial charge < -0.3 is 0 Å². The molecule has 2 heteroatoms. The molecular weight excluding hydrogens is 294 g/mol. The highest BCUT2D eigenvalue weighted by Crippen LogP contribution is 2.20. The number of Topliss-reactive ketones (excluding diaryl/α,β-unsaturated/α-hetero) is 1. The van der Waals surface area contributed by atoms with Crippen molar-refractivity contribution in [2.75, 3.05) is 0 Å². The fourth-order valence-corrected chi connectivity index (χ4v) is 2.65. The zero-order valence-corrected chi connectivity index (χ0v) is 15.6. The number of ketones is 1. The molecule has 0 radical (unpaired) electrons. The van der Waals surface area contributed by atoms with Gasteiger partial charge in [0.15, 0.2) is 5.78 Å². The molecule has 2 aromatic rings.